The molecule has 20 heavy (non-hydrogen) atoms. The van der Waals surface area contributed by atoms with E-state index in [0.29, 0.717) is 17.6 Å². The summed E-state index contributed by atoms with van der Waals surface area (Å²) >= 11 is 3.32. The van der Waals surface area contributed by atoms with Crippen molar-refractivity contribution in [3.8, 4) is 0 Å². The molecule has 4 nitrogen and oxygen atoms in total. The zero-order valence-corrected chi connectivity index (χ0v) is 13.7. The number of quaternary nitrogens is 1. The molecule has 0 radical (unpaired) electrons. The molecule has 2 saturated heterocycles. The summed E-state index contributed by atoms with van der Waals surface area (Å²) in [5, 5.41) is 0. The zero-order valence-electron chi connectivity index (χ0n) is 11.3. The van der Waals surface area contributed by atoms with Gasteiger partial charge in [0.15, 0.2) is 0 Å². The predicted molar refractivity (Wildman–Crippen MR) is 74.1 cm³/mol. The van der Waals surface area contributed by atoms with Crippen molar-refractivity contribution in [2.45, 2.75) is 43.9 Å². The number of rotatable bonds is 2. The van der Waals surface area contributed by atoms with Gasteiger partial charge in [0.05, 0.1) is 24.7 Å². The second-order valence-corrected chi connectivity index (χ2v) is 6.52. The number of nitrogens with one attached hydrogen (secondary N) is 1. The predicted octanol–water partition coefficient (Wildman–Crippen LogP) is -1.79. The van der Waals surface area contributed by atoms with Gasteiger partial charge in [-0.1, -0.05) is 0 Å². The topological polar surface area (TPSA) is 43.6 Å². The van der Waals surface area contributed by atoms with E-state index in [1.807, 2.05) is 0 Å². The standard InChI is InChI=1S/C14H17BrN2O2.ClH/c1-17-11-2-3-12(17)6-13(5-11)19-14(18)9-4-10(15)8-16-7-9;/h4,7-8,11-13H,2-3,5-6H2,1H3;1H. The Morgan fingerprint density at radius 3 is 2.60 bits per heavy atom. The number of aromatic nitrogens is 1. The van der Waals surface area contributed by atoms with E-state index in [2.05, 4.69) is 28.0 Å². The highest BCUT2D eigenvalue weighted by atomic mass is 79.9. The van der Waals surface area contributed by atoms with E-state index in [9.17, 15) is 4.79 Å². The van der Waals surface area contributed by atoms with Crippen molar-refractivity contribution in [3.63, 3.8) is 0 Å². The summed E-state index contributed by atoms with van der Waals surface area (Å²) in [6.45, 7) is 0. The maximum atomic E-state index is 12.1. The minimum absolute atomic E-state index is 0. The number of esters is 1. The fourth-order valence-electron chi connectivity index (χ4n) is 3.37. The van der Waals surface area contributed by atoms with Crippen molar-refractivity contribution >= 4 is 21.9 Å². The molecule has 0 aliphatic carbocycles. The molecule has 0 saturated carbocycles. The summed E-state index contributed by atoms with van der Waals surface area (Å²) in [4.78, 5) is 17.7. The van der Waals surface area contributed by atoms with Crippen LogP contribution in [-0.4, -0.2) is 36.2 Å². The van der Waals surface area contributed by atoms with E-state index in [-0.39, 0.29) is 24.5 Å². The monoisotopic (exact) mass is 360 g/mol. The Morgan fingerprint density at radius 1 is 1.35 bits per heavy atom. The first-order valence-corrected chi connectivity index (χ1v) is 7.57. The third-order valence-corrected chi connectivity index (χ3v) is 4.89. The molecule has 110 valence electrons. The summed E-state index contributed by atoms with van der Waals surface area (Å²) in [5.41, 5.74) is 0.521. The molecule has 2 unspecified atom stereocenters. The molecule has 3 rings (SSSR count). The van der Waals surface area contributed by atoms with E-state index >= 15 is 0 Å². The molecular formula is C14H18BrClN2O2. The minimum atomic E-state index is -0.252. The van der Waals surface area contributed by atoms with Gasteiger partial charge in [-0.25, -0.2) is 4.79 Å². The first kappa shape index (κ1) is 15.7. The Labute approximate surface area is 133 Å². The van der Waals surface area contributed by atoms with Gasteiger partial charge >= 0.3 is 5.97 Å². The molecule has 2 aliphatic heterocycles. The van der Waals surface area contributed by atoms with Crippen LogP contribution >= 0.6 is 15.9 Å². The van der Waals surface area contributed by atoms with Gasteiger partial charge in [0, 0.05) is 42.5 Å². The molecular weight excluding hydrogens is 344 g/mol. The first-order valence-electron chi connectivity index (χ1n) is 6.78. The van der Waals surface area contributed by atoms with Crippen LogP contribution in [0.15, 0.2) is 22.9 Å². The van der Waals surface area contributed by atoms with Crippen molar-refractivity contribution in [1.29, 1.82) is 0 Å². The third kappa shape index (κ3) is 3.15. The number of pyridine rings is 1. The number of carbonyl (C=O) groups is 1. The summed E-state index contributed by atoms with van der Waals surface area (Å²) < 4.78 is 6.45. The van der Waals surface area contributed by atoms with Crippen LogP contribution in [0.2, 0.25) is 0 Å². The van der Waals surface area contributed by atoms with E-state index in [0.717, 1.165) is 17.3 Å². The Balaban J connectivity index is 0.00000147. The number of fused-ring (bicyclic) bond motifs is 2. The van der Waals surface area contributed by atoms with Gasteiger partial charge in [-0.3, -0.25) is 4.98 Å². The molecule has 2 atom stereocenters. The maximum Gasteiger partial charge on any atom is 0.340 e. The van der Waals surface area contributed by atoms with Crippen LogP contribution in [0.5, 0.6) is 0 Å². The molecule has 1 N–H and O–H groups in total. The Kier molecular flexibility index (Phi) is 5.04. The van der Waals surface area contributed by atoms with Crippen molar-refractivity contribution < 1.29 is 26.8 Å². The number of carbonyl (C=O) groups excluding carboxylic acids is 1. The third-order valence-electron chi connectivity index (χ3n) is 4.46. The number of ether oxygens (including phenoxy) is 1. The highest BCUT2D eigenvalue weighted by Crippen LogP contribution is 2.25. The molecule has 6 heteroatoms. The fraction of sp³-hybridized carbons (Fsp3) is 0.571. The fourth-order valence-corrected chi connectivity index (χ4v) is 3.73. The molecule has 3 heterocycles. The number of piperidine rings is 1. The summed E-state index contributed by atoms with van der Waals surface area (Å²) in [6.07, 6.45) is 7.82. The lowest BCUT2D eigenvalue weighted by atomic mass is 10.0. The number of halogens is 2. The quantitative estimate of drug-likeness (QED) is 0.633. The van der Waals surface area contributed by atoms with Crippen LogP contribution in [0, 0.1) is 0 Å². The minimum Gasteiger partial charge on any atom is -1.00 e. The lowest BCUT2D eigenvalue weighted by Crippen LogP contribution is -3.15. The average molecular weight is 362 g/mol. The van der Waals surface area contributed by atoms with Crippen molar-refractivity contribution in [2.75, 3.05) is 7.05 Å². The van der Waals surface area contributed by atoms with E-state index in [1.54, 1.807) is 23.4 Å². The molecule has 1 aromatic heterocycles. The van der Waals surface area contributed by atoms with Gasteiger partial charge < -0.3 is 22.0 Å². The molecule has 0 spiro atoms. The molecule has 2 bridgehead atoms. The number of nitrogens with zero attached hydrogens (tertiary/aromatic N) is 1. The van der Waals surface area contributed by atoms with Crippen LogP contribution in [0.1, 0.15) is 36.0 Å². The average Bonchev–Trinajstić information content (AvgIpc) is 2.62. The Morgan fingerprint density at radius 2 is 2.00 bits per heavy atom. The molecule has 0 aromatic carbocycles. The van der Waals surface area contributed by atoms with Crippen molar-refractivity contribution in [3.05, 3.63) is 28.5 Å². The molecule has 2 aliphatic rings. The zero-order chi connectivity index (χ0) is 13.4. The van der Waals surface area contributed by atoms with Gasteiger partial charge in [-0.15, -0.1) is 0 Å². The summed E-state index contributed by atoms with van der Waals surface area (Å²) in [7, 11) is 2.26. The lowest BCUT2D eigenvalue weighted by molar-refractivity contribution is -0.923. The largest absolute Gasteiger partial charge is 1.00 e. The molecule has 0 amide bonds. The van der Waals surface area contributed by atoms with E-state index in [4.69, 9.17) is 4.74 Å². The Hall–Kier alpha value is -0.650. The van der Waals surface area contributed by atoms with Gasteiger partial charge in [-0.2, -0.15) is 0 Å². The lowest BCUT2D eigenvalue weighted by Gasteiger charge is -2.33. The van der Waals surface area contributed by atoms with Crippen LogP contribution in [0.25, 0.3) is 0 Å². The highest BCUT2D eigenvalue weighted by molar-refractivity contribution is 9.10. The Bertz CT molecular complexity index is 486. The SMILES string of the molecule is C[NH+]1C2CCC1CC(OC(=O)c1cncc(Br)c1)C2.[Cl-]. The number of hydrogen-bond donors (Lipinski definition) is 1. The van der Waals surface area contributed by atoms with Crippen molar-refractivity contribution in [1.82, 2.24) is 4.98 Å². The highest BCUT2D eigenvalue weighted by Gasteiger charge is 2.43. The second-order valence-electron chi connectivity index (χ2n) is 5.61. The van der Waals surface area contributed by atoms with E-state index in [1.165, 1.54) is 12.8 Å². The van der Waals surface area contributed by atoms with Crippen LogP contribution < -0.4 is 17.3 Å². The smallest absolute Gasteiger partial charge is 0.340 e. The van der Waals surface area contributed by atoms with Crippen molar-refractivity contribution in [2.24, 2.45) is 0 Å². The van der Waals surface area contributed by atoms with Crippen LogP contribution in [0.4, 0.5) is 0 Å². The number of hydrogen-bond acceptors (Lipinski definition) is 3. The van der Waals surface area contributed by atoms with Gasteiger partial charge in [0.1, 0.15) is 6.10 Å². The summed E-state index contributed by atoms with van der Waals surface area (Å²) in [5.74, 6) is -0.252. The van der Waals surface area contributed by atoms with Gasteiger partial charge in [0.25, 0.3) is 0 Å². The molecule has 1 aromatic rings. The molecule has 2 fully saturated rings. The second kappa shape index (κ2) is 6.41. The normalized spacial score (nSPS) is 31.5. The van der Waals surface area contributed by atoms with Crippen LogP contribution in [0.3, 0.4) is 0 Å². The van der Waals surface area contributed by atoms with Gasteiger partial charge in [-0.05, 0) is 22.0 Å². The van der Waals surface area contributed by atoms with Gasteiger partial charge in [0.2, 0.25) is 0 Å². The first-order chi connectivity index (χ1) is 9.13. The van der Waals surface area contributed by atoms with Crippen LogP contribution in [-0.2, 0) is 4.74 Å². The summed E-state index contributed by atoms with van der Waals surface area (Å²) in [6, 6.07) is 3.08. The van der Waals surface area contributed by atoms with E-state index < -0.39 is 0 Å². The maximum absolute atomic E-state index is 12.1.